The molecule has 1 amide bonds. The second-order valence-corrected chi connectivity index (χ2v) is 9.59. The number of hydrogen-bond acceptors (Lipinski definition) is 7. The third-order valence-electron chi connectivity index (χ3n) is 5.46. The first kappa shape index (κ1) is 22.9. The van der Waals surface area contributed by atoms with E-state index < -0.39 is 15.7 Å². The number of hydrogen-bond donors (Lipinski definition) is 0. The molecule has 0 atom stereocenters. The zero-order valence-electron chi connectivity index (χ0n) is 18.3. The molecule has 1 fully saturated rings. The smallest absolute Gasteiger partial charge is 0.248 e. The van der Waals surface area contributed by atoms with Gasteiger partial charge in [-0.25, -0.2) is 12.8 Å². The third-order valence-corrected chi connectivity index (χ3v) is 7.12. The molecule has 4 rings (SSSR count). The highest BCUT2D eigenvalue weighted by Gasteiger charge is 2.33. The summed E-state index contributed by atoms with van der Waals surface area (Å²) < 4.78 is 52.1. The molecule has 0 spiro atoms. The molecule has 1 aliphatic rings. The number of nitrogens with zero attached hydrogens (tertiary/aromatic N) is 3. The van der Waals surface area contributed by atoms with Gasteiger partial charge in [0.1, 0.15) is 12.4 Å². The Bertz CT molecular complexity index is 1250. The quantitative estimate of drug-likeness (QED) is 0.543. The number of rotatable bonds is 6. The van der Waals surface area contributed by atoms with E-state index in [1.807, 2.05) is 6.92 Å². The van der Waals surface area contributed by atoms with Gasteiger partial charge in [0, 0.05) is 33.3 Å². The normalized spacial score (nSPS) is 14.5. The molecule has 2 aromatic carbocycles. The lowest BCUT2D eigenvalue weighted by Crippen LogP contribution is -2.49. The number of oxazole rings is 1. The Morgan fingerprint density at radius 2 is 1.76 bits per heavy atom. The number of halogens is 1. The number of benzene rings is 2. The average molecular weight is 474 g/mol. The van der Waals surface area contributed by atoms with Gasteiger partial charge in [0.05, 0.1) is 10.5 Å². The summed E-state index contributed by atoms with van der Waals surface area (Å²) in [4.78, 5) is 19.8. The topological polar surface area (TPSA) is 92.9 Å². The summed E-state index contributed by atoms with van der Waals surface area (Å²) in [5, 5.41) is -0.277. The van der Waals surface area contributed by atoms with Crippen LogP contribution in [0, 0.1) is 12.7 Å². The van der Waals surface area contributed by atoms with E-state index in [9.17, 15) is 17.6 Å². The first-order chi connectivity index (χ1) is 15.8. The lowest BCUT2D eigenvalue weighted by molar-refractivity contribution is -0.135. The van der Waals surface area contributed by atoms with Gasteiger partial charge in [-0.3, -0.25) is 4.79 Å². The second-order valence-electron chi connectivity index (χ2n) is 7.73. The highest BCUT2D eigenvalue weighted by molar-refractivity contribution is 7.91. The molecule has 0 aliphatic carbocycles. The van der Waals surface area contributed by atoms with Crippen molar-refractivity contribution in [2.75, 3.05) is 44.8 Å². The zero-order valence-corrected chi connectivity index (χ0v) is 19.1. The van der Waals surface area contributed by atoms with Crippen LogP contribution in [-0.4, -0.2) is 64.1 Å². The summed E-state index contributed by atoms with van der Waals surface area (Å²) in [6, 6.07) is 12.3. The molecule has 2 heterocycles. The van der Waals surface area contributed by atoms with Gasteiger partial charge in [-0.1, -0.05) is 29.8 Å². The van der Waals surface area contributed by atoms with Gasteiger partial charge >= 0.3 is 0 Å². The number of methoxy groups -OCH3 is 1. The van der Waals surface area contributed by atoms with Crippen LogP contribution in [0.25, 0.3) is 11.5 Å². The van der Waals surface area contributed by atoms with Crippen LogP contribution in [0.3, 0.4) is 0 Å². The van der Waals surface area contributed by atoms with Crippen molar-refractivity contribution in [2.45, 2.75) is 16.8 Å². The average Bonchev–Trinajstić information content (AvgIpc) is 3.26. The maximum atomic E-state index is 14.4. The molecule has 1 saturated heterocycles. The van der Waals surface area contributed by atoms with Crippen LogP contribution in [-0.2, 0) is 19.4 Å². The Morgan fingerprint density at radius 1 is 1.09 bits per heavy atom. The minimum absolute atomic E-state index is 0.0210. The Labute approximate surface area is 191 Å². The Kier molecular flexibility index (Phi) is 6.48. The van der Waals surface area contributed by atoms with Gasteiger partial charge in [0.15, 0.2) is 0 Å². The van der Waals surface area contributed by atoms with E-state index in [2.05, 4.69) is 4.98 Å². The van der Waals surface area contributed by atoms with E-state index in [4.69, 9.17) is 9.15 Å². The monoisotopic (exact) mass is 473 g/mol. The highest BCUT2D eigenvalue weighted by Crippen LogP contribution is 2.36. The summed E-state index contributed by atoms with van der Waals surface area (Å²) >= 11 is 0. The maximum Gasteiger partial charge on any atom is 0.248 e. The number of piperazine rings is 1. The highest BCUT2D eigenvalue weighted by atomic mass is 32.2. The molecule has 1 aromatic heterocycles. The molecular formula is C23H24FN3O5S. The molecule has 3 aromatic rings. The number of aryl methyl sites for hydroxylation is 1. The van der Waals surface area contributed by atoms with Gasteiger partial charge in [0.2, 0.25) is 32.5 Å². The fraction of sp³-hybridized carbons (Fsp3) is 0.304. The van der Waals surface area contributed by atoms with Gasteiger partial charge in [-0.15, -0.1) is 0 Å². The lowest BCUT2D eigenvalue weighted by Gasteiger charge is -2.34. The predicted molar refractivity (Wildman–Crippen MR) is 119 cm³/mol. The summed E-state index contributed by atoms with van der Waals surface area (Å²) in [7, 11) is -2.59. The van der Waals surface area contributed by atoms with Crippen LogP contribution in [0.5, 0.6) is 0 Å². The lowest BCUT2D eigenvalue weighted by atomic mass is 10.2. The van der Waals surface area contributed by atoms with Crippen LogP contribution < -0.4 is 4.90 Å². The molecule has 8 nitrogen and oxygen atoms in total. The van der Waals surface area contributed by atoms with E-state index in [-0.39, 0.29) is 39.8 Å². The van der Waals surface area contributed by atoms with Crippen molar-refractivity contribution in [3.05, 3.63) is 59.9 Å². The van der Waals surface area contributed by atoms with E-state index in [0.29, 0.717) is 26.2 Å². The number of aromatic nitrogens is 1. The van der Waals surface area contributed by atoms with Crippen molar-refractivity contribution in [3.63, 3.8) is 0 Å². The first-order valence-corrected chi connectivity index (χ1v) is 11.9. The number of amides is 1. The van der Waals surface area contributed by atoms with Crippen LogP contribution in [0.4, 0.5) is 10.3 Å². The minimum Gasteiger partial charge on any atom is -0.419 e. The number of ether oxygens (including phenoxy) is 1. The van der Waals surface area contributed by atoms with Crippen molar-refractivity contribution in [1.82, 2.24) is 9.88 Å². The van der Waals surface area contributed by atoms with Crippen molar-refractivity contribution >= 4 is 21.6 Å². The summed E-state index contributed by atoms with van der Waals surface area (Å²) in [6.07, 6.45) is 0. The molecule has 0 bridgehead atoms. The molecule has 0 radical (unpaired) electrons. The molecule has 0 unspecified atom stereocenters. The zero-order chi connectivity index (χ0) is 23.6. The van der Waals surface area contributed by atoms with E-state index >= 15 is 0 Å². The van der Waals surface area contributed by atoms with Crippen LogP contribution in [0.2, 0.25) is 0 Å². The van der Waals surface area contributed by atoms with E-state index in [1.165, 1.54) is 37.4 Å². The van der Waals surface area contributed by atoms with E-state index in [1.54, 1.807) is 28.0 Å². The summed E-state index contributed by atoms with van der Waals surface area (Å²) in [5.74, 6) is -0.798. The minimum atomic E-state index is -4.04. The molecule has 10 heteroatoms. The van der Waals surface area contributed by atoms with Crippen LogP contribution in [0.15, 0.2) is 62.9 Å². The number of carbonyl (C=O) groups excluding carboxylic acids is 1. The summed E-state index contributed by atoms with van der Waals surface area (Å²) in [5.41, 5.74) is 0.983. The molecule has 33 heavy (non-hydrogen) atoms. The third kappa shape index (κ3) is 4.62. The SMILES string of the molecule is COCC(=O)N1CCN(c2oc(-c3ccccc3F)nc2S(=O)(=O)c2ccc(C)cc2)CC1. The molecule has 0 saturated carbocycles. The molecule has 1 aliphatic heterocycles. The van der Waals surface area contributed by atoms with Crippen molar-refractivity contribution in [3.8, 4) is 11.5 Å². The predicted octanol–water partition coefficient (Wildman–Crippen LogP) is 2.92. The number of carbonyl (C=O) groups is 1. The van der Waals surface area contributed by atoms with Gasteiger partial charge in [-0.2, -0.15) is 4.98 Å². The van der Waals surface area contributed by atoms with Crippen molar-refractivity contribution < 1.29 is 26.8 Å². The summed E-state index contributed by atoms with van der Waals surface area (Å²) in [6.45, 7) is 3.23. The number of anilines is 1. The van der Waals surface area contributed by atoms with Gasteiger partial charge in [0.25, 0.3) is 0 Å². The van der Waals surface area contributed by atoms with Gasteiger partial charge in [-0.05, 0) is 31.2 Å². The Balaban J connectivity index is 1.74. The fourth-order valence-corrected chi connectivity index (χ4v) is 4.95. The van der Waals surface area contributed by atoms with E-state index in [0.717, 1.165) is 5.56 Å². The molecule has 174 valence electrons. The standard InChI is InChI=1S/C23H24FN3O5S/c1-16-7-9-17(10-8-16)33(29,30)22-23(27-13-11-26(12-14-27)20(28)15-31-2)32-21(25-22)18-5-3-4-6-19(18)24/h3-10H,11-15H2,1-2H3. The molecular weight excluding hydrogens is 449 g/mol. The Hall–Kier alpha value is -3.24. The second kappa shape index (κ2) is 9.32. The molecule has 0 N–H and O–H groups in total. The van der Waals surface area contributed by atoms with Crippen molar-refractivity contribution in [1.29, 1.82) is 0 Å². The first-order valence-electron chi connectivity index (χ1n) is 10.4. The van der Waals surface area contributed by atoms with Crippen molar-refractivity contribution in [2.24, 2.45) is 0 Å². The Morgan fingerprint density at radius 3 is 2.39 bits per heavy atom. The fourth-order valence-electron chi connectivity index (χ4n) is 3.63. The number of sulfone groups is 1. The van der Waals surface area contributed by atoms with Crippen LogP contribution >= 0.6 is 0 Å². The maximum absolute atomic E-state index is 14.4. The van der Waals surface area contributed by atoms with Gasteiger partial charge < -0.3 is 19.0 Å². The largest absolute Gasteiger partial charge is 0.419 e. The van der Waals surface area contributed by atoms with Crippen LogP contribution in [0.1, 0.15) is 5.56 Å².